The highest BCUT2D eigenvalue weighted by Gasteiger charge is 2.19. The highest BCUT2D eigenvalue weighted by molar-refractivity contribution is 6.01. The van der Waals surface area contributed by atoms with Gasteiger partial charge in [-0.05, 0) is 18.9 Å². The van der Waals surface area contributed by atoms with Gasteiger partial charge in [-0.2, -0.15) is 5.10 Å². The van der Waals surface area contributed by atoms with Crippen molar-refractivity contribution in [2.24, 2.45) is 16.8 Å². The third kappa shape index (κ3) is 2.83. The van der Waals surface area contributed by atoms with Gasteiger partial charge in [0.05, 0.1) is 11.8 Å². The number of amidine groups is 1. The standard InChI is InChI=1S/C11H19N5O/c1-7(2)8(3)16(4)11-9(10(12)15-17)5-6-13-14-11/h5-8,17H,1-4H3,(H2,12,15). The van der Waals surface area contributed by atoms with Crippen LogP contribution in [0.1, 0.15) is 26.3 Å². The second kappa shape index (κ2) is 5.47. The van der Waals surface area contributed by atoms with Crippen molar-refractivity contribution >= 4 is 11.7 Å². The molecule has 1 atom stereocenters. The zero-order valence-corrected chi connectivity index (χ0v) is 10.6. The molecule has 0 aromatic carbocycles. The molecule has 0 saturated heterocycles. The molecular formula is C11H19N5O. The Balaban J connectivity index is 3.13. The predicted octanol–water partition coefficient (Wildman–Crippen LogP) is 1.05. The lowest BCUT2D eigenvalue weighted by Gasteiger charge is -2.29. The number of oxime groups is 1. The van der Waals surface area contributed by atoms with Crippen molar-refractivity contribution in [1.82, 2.24) is 10.2 Å². The minimum atomic E-state index is 0.0395. The summed E-state index contributed by atoms with van der Waals surface area (Å²) in [4.78, 5) is 1.98. The van der Waals surface area contributed by atoms with Crippen molar-refractivity contribution in [1.29, 1.82) is 0 Å². The minimum Gasteiger partial charge on any atom is -0.409 e. The summed E-state index contributed by atoms with van der Waals surface area (Å²) in [7, 11) is 1.92. The molecule has 0 fully saturated rings. The van der Waals surface area contributed by atoms with Crippen LogP contribution < -0.4 is 10.6 Å². The second-order valence-corrected chi connectivity index (χ2v) is 4.35. The fourth-order valence-electron chi connectivity index (χ4n) is 1.48. The largest absolute Gasteiger partial charge is 0.409 e. The molecule has 0 aliphatic rings. The predicted molar refractivity (Wildman–Crippen MR) is 67.2 cm³/mol. The van der Waals surface area contributed by atoms with E-state index in [2.05, 4.69) is 36.1 Å². The van der Waals surface area contributed by atoms with Crippen molar-refractivity contribution in [2.45, 2.75) is 26.8 Å². The van der Waals surface area contributed by atoms with E-state index in [-0.39, 0.29) is 11.9 Å². The van der Waals surface area contributed by atoms with Crippen molar-refractivity contribution in [3.63, 3.8) is 0 Å². The average molecular weight is 237 g/mol. The van der Waals surface area contributed by atoms with E-state index in [1.165, 1.54) is 6.20 Å². The van der Waals surface area contributed by atoms with Crippen molar-refractivity contribution in [3.8, 4) is 0 Å². The fourth-order valence-corrected chi connectivity index (χ4v) is 1.48. The smallest absolute Gasteiger partial charge is 0.173 e. The second-order valence-electron chi connectivity index (χ2n) is 4.35. The SMILES string of the molecule is CC(C)C(C)N(C)c1nnccc1/C(N)=N/O. The van der Waals surface area contributed by atoms with Gasteiger partial charge in [0.2, 0.25) is 0 Å². The summed E-state index contributed by atoms with van der Waals surface area (Å²) in [5.74, 6) is 1.11. The van der Waals surface area contributed by atoms with Gasteiger partial charge in [0.15, 0.2) is 11.7 Å². The van der Waals surface area contributed by atoms with Gasteiger partial charge in [-0.3, -0.25) is 0 Å². The third-order valence-corrected chi connectivity index (χ3v) is 2.99. The molecule has 0 spiro atoms. The molecule has 0 radical (unpaired) electrons. The summed E-state index contributed by atoms with van der Waals surface area (Å²) >= 11 is 0. The first-order valence-electron chi connectivity index (χ1n) is 5.51. The summed E-state index contributed by atoms with van der Waals surface area (Å²) in [5.41, 5.74) is 6.20. The molecule has 0 bridgehead atoms. The molecule has 0 saturated carbocycles. The maximum Gasteiger partial charge on any atom is 0.173 e. The average Bonchev–Trinajstić information content (AvgIpc) is 2.35. The van der Waals surface area contributed by atoms with Gasteiger partial charge in [0.1, 0.15) is 0 Å². The van der Waals surface area contributed by atoms with Crippen molar-refractivity contribution in [3.05, 3.63) is 17.8 Å². The third-order valence-electron chi connectivity index (χ3n) is 2.99. The fraction of sp³-hybridized carbons (Fsp3) is 0.545. The van der Waals surface area contributed by atoms with Gasteiger partial charge in [0, 0.05) is 13.1 Å². The highest BCUT2D eigenvalue weighted by Crippen LogP contribution is 2.20. The van der Waals surface area contributed by atoms with Gasteiger partial charge >= 0.3 is 0 Å². The van der Waals surface area contributed by atoms with Crippen molar-refractivity contribution < 1.29 is 5.21 Å². The number of anilines is 1. The lowest BCUT2D eigenvalue weighted by molar-refractivity contribution is 0.318. The molecule has 0 aliphatic heterocycles. The van der Waals surface area contributed by atoms with E-state index in [0.29, 0.717) is 17.3 Å². The Morgan fingerprint density at radius 1 is 1.47 bits per heavy atom. The van der Waals surface area contributed by atoms with Crippen LogP contribution in [0.5, 0.6) is 0 Å². The number of rotatable bonds is 4. The van der Waals surface area contributed by atoms with Gasteiger partial charge < -0.3 is 15.8 Å². The van der Waals surface area contributed by atoms with E-state index in [1.54, 1.807) is 6.07 Å². The molecule has 3 N–H and O–H groups in total. The van der Waals surface area contributed by atoms with Crippen molar-refractivity contribution in [2.75, 3.05) is 11.9 Å². The molecule has 1 unspecified atom stereocenters. The van der Waals surface area contributed by atoms with Crippen LogP contribution in [0, 0.1) is 5.92 Å². The zero-order valence-electron chi connectivity index (χ0n) is 10.6. The Morgan fingerprint density at radius 3 is 2.65 bits per heavy atom. The highest BCUT2D eigenvalue weighted by atomic mass is 16.4. The molecule has 1 aromatic rings. The molecule has 94 valence electrons. The first-order chi connectivity index (χ1) is 7.99. The monoisotopic (exact) mass is 237 g/mol. The zero-order chi connectivity index (χ0) is 13.0. The molecule has 6 heteroatoms. The number of hydrogen-bond acceptors (Lipinski definition) is 5. The number of nitrogens with zero attached hydrogens (tertiary/aromatic N) is 4. The van der Waals surface area contributed by atoms with Gasteiger partial charge in [-0.15, -0.1) is 5.10 Å². The minimum absolute atomic E-state index is 0.0395. The summed E-state index contributed by atoms with van der Waals surface area (Å²) in [6.45, 7) is 6.34. The van der Waals surface area contributed by atoms with E-state index in [1.807, 2.05) is 11.9 Å². The van der Waals surface area contributed by atoms with Crippen LogP contribution in [0.15, 0.2) is 17.4 Å². The van der Waals surface area contributed by atoms with E-state index in [9.17, 15) is 0 Å². The summed E-state index contributed by atoms with van der Waals surface area (Å²) in [5, 5.41) is 19.6. The first-order valence-corrected chi connectivity index (χ1v) is 5.51. The van der Waals surface area contributed by atoms with E-state index < -0.39 is 0 Å². The summed E-state index contributed by atoms with van der Waals surface area (Å²) in [6, 6.07) is 1.96. The molecule has 1 heterocycles. The maximum absolute atomic E-state index is 8.74. The molecule has 0 aliphatic carbocycles. The quantitative estimate of drug-likeness (QED) is 0.354. The summed E-state index contributed by atoms with van der Waals surface area (Å²) < 4.78 is 0. The normalized spacial score (nSPS) is 13.8. The van der Waals surface area contributed by atoms with E-state index in [0.717, 1.165) is 0 Å². The topological polar surface area (TPSA) is 87.6 Å². The number of aromatic nitrogens is 2. The van der Waals surface area contributed by atoms with Crippen LogP contribution in [0.2, 0.25) is 0 Å². The van der Waals surface area contributed by atoms with Gasteiger partial charge in [-0.25, -0.2) is 0 Å². The van der Waals surface area contributed by atoms with Gasteiger partial charge in [0.25, 0.3) is 0 Å². The lowest BCUT2D eigenvalue weighted by Crippen LogP contribution is -2.35. The van der Waals surface area contributed by atoms with Crippen LogP contribution in [-0.4, -0.2) is 34.3 Å². The van der Waals surface area contributed by atoms with Crippen LogP contribution in [-0.2, 0) is 0 Å². The Hall–Kier alpha value is -1.85. The Morgan fingerprint density at radius 2 is 2.12 bits per heavy atom. The molecule has 1 rings (SSSR count). The van der Waals surface area contributed by atoms with Crippen LogP contribution in [0.4, 0.5) is 5.82 Å². The van der Waals surface area contributed by atoms with Crippen LogP contribution in [0.3, 0.4) is 0 Å². The number of hydrogen-bond donors (Lipinski definition) is 2. The Kier molecular flexibility index (Phi) is 4.25. The van der Waals surface area contributed by atoms with Crippen LogP contribution >= 0.6 is 0 Å². The van der Waals surface area contributed by atoms with Gasteiger partial charge in [-0.1, -0.05) is 19.0 Å². The Labute approximate surface area is 101 Å². The Bertz CT molecular complexity index is 405. The lowest BCUT2D eigenvalue weighted by atomic mass is 10.0. The summed E-state index contributed by atoms with van der Waals surface area (Å²) in [6.07, 6.45) is 1.52. The van der Waals surface area contributed by atoms with E-state index >= 15 is 0 Å². The molecule has 6 nitrogen and oxygen atoms in total. The molecular weight excluding hydrogens is 218 g/mol. The number of nitrogens with two attached hydrogens (primary N) is 1. The first kappa shape index (κ1) is 13.2. The molecule has 17 heavy (non-hydrogen) atoms. The maximum atomic E-state index is 8.74. The van der Waals surface area contributed by atoms with Crippen LogP contribution in [0.25, 0.3) is 0 Å². The molecule has 0 amide bonds. The molecule has 1 aromatic heterocycles. The van der Waals surface area contributed by atoms with E-state index in [4.69, 9.17) is 10.9 Å².